The quantitative estimate of drug-likeness (QED) is 0.349. The van der Waals surface area contributed by atoms with Gasteiger partial charge in [-0.15, -0.1) is 6.42 Å². The zero-order valence-corrected chi connectivity index (χ0v) is 20.8. The van der Waals surface area contributed by atoms with Gasteiger partial charge in [-0.3, -0.25) is 10.00 Å². The first kappa shape index (κ1) is 24.0. The van der Waals surface area contributed by atoms with Crippen LogP contribution in [0.2, 0.25) is 0 Å². The maximum absolute atomic E-state index is 12.4. The van der Waals surface area contributed by atoms with Crippen molar-refractivity contribution in [1.29, 1.82) is 0 Å². The first-order valence-corrected chi connectivity index (χ1v) is 12.0. The molecule has 3 aromatic heterocycles. The Morgan fingerprint density at radius 1 is 1.08 bits per heavy atom. The van der Waals surface area contributed by atoms with E-state index >= 15 is 0 Å². The van der Waals surface area contributed by atoms with Crippen LogP contribution in [-0.2, 0) is 13.6 Å². The third kappa shape index (κ3) is 5.60. The summed E-state index contributed by atoms with van der Waals surface area (Å²) in [5.41, 5.74) is 3.83. The lowest BCUT2D eigenvalue weighted by Crippen LogP contribution is -2.44. The van der Waals surface area contributed by atoms with E-state index in [0.717, 1.165) is 37.6 Å². The number of anilines is 4. The van der Waals surface area contributed by atoms with Crippen LogP contribution >= 0.6 is 0 Å². The molecule has 4 heterocycles. The van der Waals surface area contributed by atoms with Gasteiger partial charge in [0.15, 0.2) is 5.65 Å². The molecule has 4 aromatic rings. The lowest BCUT2D eigenvalue weighted by atomic mass is 10.2. The van der Waals surface area contributed by atoms with Crippen LogP contribution in [0.5, 0.6) is 0 Å². The number of carbonyl (C=O) groups excluding carboxylic acids is 1. The molecule has 1 saturated heterocycles. The van der Waals surface area contributed by atoms with Crippen LogP contribution in [-0.4, -0.2) is 68.9 Å². The number of nitrogens with one attached hydrogen (secondary N) is 3. The molecule has 11 heteroatoms. The molecule has 0 spiro atoms. The van der Waals surface area contributed by atoms with E-state index in [1.165, 1.54) is 5.69 Å². The number of piperazine rings is 1. The fraction of sp³-hybridized carbons (Fsp3) is 0.269. The molecule has 2 amide bonds. The molecular formula is C26H28N10O. The molecule has 1 aromatic carbocycles. The summed E-state index contributed by atoms with van der Waals surface area (Å²) in [5, 5.41) is 13.4. The van der Waals surface area contributed by atoms with E-state index in [4.69, 9.17) is 6.42 Å². The zero-order valence-electron chi connectivity index (χ0n) is 20.8. The Balaban J connectivity index is 1.29. The van der Waals surface area contributed by atoms with Crippen LogP contribution in [0.15, 0.2) is 48.8 Å². The van der Waals surface area contributed by atoms with Crippen LogP contribution in [0.3, 0.4) is 0 Å². The molecule has 0 bridgehead atoms. The van der Waals surface area contributed by atoms with E-state index in [1.807, 2.05) is 25.2 Å². The number of likely N-dealkylation sites (N-methyl/N-ethyl adjacent to an activating group) is 1. The average molecular weight is 497 g/mol. The SMILES string of the molecule is C#Cc1cc(NC(=O)NCc2ccnn2C)nc2nc(Nc3ccc(N4CCN(C)CC4)cc3)ncc12. The number of hydrogen-bond donors (Lipinski definition) is 3. The number of rotatable bonds is 6. The highest BCUT2D eigenvalue weighted by molar-refractivity contribution is 5.91. The van der Waals surface area contributed by atoms with Crippen molar-refractivity contribution in [3.05, 3.63) is 60.0 Å². The molecule has 0 aliphatic carbocycles. The van der Waals surface area contributed by atoms with Gasteiger partial charge in [-0.1, -0.05) is 5.92 Å². The molecule has 0 saturated carbocycles. The number of aromatic nitrogens is 5. The first-order chi connectivity index (χ1) is 18.0. The van der Waals surface area contributed by atoms with Crippen LogP contribution in [0.4, 0.5) is 27.9 Å². The Bertz CT molecular complexity index is 1450. The van der Waals surface area contributed by atoms with E-state index in [0.29, 0.717) is 34.9 Å². The molecule has 0 radical (unpaired) electrons. The minimum atomic E-state index is -0.413. The first-order valence-electron chi connectivity index (χ1n) is 12.0. The largest absolute Gasteiger partial charge is 0.369 e. The number of nitrogens with zero attached hydrogens (tertiary/aromatic N) is 7. The van der Waals surface area contributed by atoms with Gasteiger partial charge < -0.3 is 20.4 Å². The van der Waals surface area contributed by atoms with Gasteiger partial charge in [-0.2, -0.15) is 10.1 Å². The molecule has 3 N–H and O–H groups in total. The summed E-state index contributed by atoms with van der Waals surface area (Å²) in [7, 11) is 3.96. The highest BCUT2D eigenvalue weighted by Crippen LogP contribution is 2.23. The number of aryl methyl sites for hydroxylation is 1. The van der Waals surface area contributed by atoms with E-state index in [9.17, 15) is 4.79 Å². The monoisotopic (exact) mass is 496 g/mol. The van der Waals surface area contributed by atoms with Crippen LogP contribution in [0.25, 0.3) is 11.0 Å². The third-order valence-corrected chi connectivity index (χ3v) is 6.31. The fourth-order valence-electron chi connectivity index (χ4n) is 4.11. The molecule has 5 rings (SSSR count). The summed E-state index contributed by atoms with van der Waals surface area (Å²) in [5.74, 6) is 3.30. The van der Waals surface area contributed by atoms with Crippen molar-refractivity contribution in [1.82, 2.24) is 34.9 Å². The Kier molecular flexibility index (Phi) is 6.83. The summed E-state index contributed by atoms with van der Waals surface area (Å²) in [4.78, 5) is 30.6. The number of hydrogen-bond acceptors (Lipinski definition) is 8. The van der Waals surface area contributed by atoms with Gasteiger partial charge in [-0.05, 0) is 43.4 Å². The van der Waals surface area contributed by atoms with E-state index in [1.54, 1.807) is 23.1 Å². The third-order valence-electron chi connectivity index (χ3n) is 6.31. The van der Waals surface area contributed by atoms with E-state index < -0.39 is 6.03 Å². The fourth-order valence-corrected chi connectivity index (χ4v) is 4.11. The minimum Gasteiger partial charge on any atom is -0.369 e. The Morgan fingerprint density at radius 2 is 1.86 bits per heavy atom. The molecule has 1 fully saturated rings. The lowest BCUT2D eigenvalue weighted by molar-refractivity contribution is 0.251. The molecule has 1 aliphatic heterocycles. The number of terminal acetylenes is 1. The van der Waals surface area contributed by atoms with E-state index in [2.05, 4.69) is 70.9 Å². The Morgan fingerprint density at radius 3 is 2.57 bits per heavy atom. The normalized spacial score (nSPS) is 13.8. The number of amides is 2. The second-order valence-electron chi connectivity index (χ2n) is 8.85. The predicted molar refractivity (Wildman–Crippen MR) is 144 cm³/mol. The van der Waals surface area contributed by atoms with Gasteiger partial charge in [0, 0.05) is 62.6 Å². The van der Waals surface area contributed by atoms with E-state index in [-0.39, 0.29) is 0 Å². The lowest BCUT2D eigenvalue weighted by Gasteiger charge is -2.34. The standard InChI is InChI=1S/C26H28N10O/c1-4-18-15-23(32-26(37)28-16-21-9-10-29-35(21)3)31-24-22(18)17-27-25(33-24)30-19-5-7-20(8-6-19)36-13-11-34(2)12-14-36/h1,5-10,15,17H,11-14,16H2,2-3H3,(H3,27,28,30,31,32,33,37). The topological polar surface area (TPSA) is 116 Å². The minimum absolute atomic E-state index is 0.295. The maximum atomic E-state index is 12.4. The number of urea groups is 1. The molecule has 0 atom stereocenters. The molecule has 37 heavy (non-hydrogen) atoms. The van der Waals surface area contributed by atoms with Crippen LogP contribution in [0, 0.1) is 12.3 Å². The number of pyridine rings is 1. The van der Waals surface area contributed by atoms with Gasteiger partial charge in [0.1, 0.15) is 5.82 Å². The molecule has 1 aliphatic rings. The van der Waals surface area contributed by atoms with Crippen molar-refractivity contribution >= 4 is 40.2 Å². The van der Waals surface area contributed by atoms with Crippen molar-refractivity contribution in [3.63, 3.8) is 0 Å². The van der Waals surface area contributed by atoms with Gasteiger partial charge in [0.2, 0.25) is 5.95 Å². The smallest absolute Gasteiger partial charge is 0.320 e. The molecule has 11 nitrogen and oxygen atoms in total. The van der Waals surface area contributed by atoms with Crippen LogP contribution in [0.1, 0.15) is 11.3 Å². The number of benzene rings is 1. The molecular weight excluding hydrogens is 468 g/mol. The Hall–Kier alpha value is -4.69. The summed E-state index contributed by atoms with van der Waals surface area (Å²) in [6.07, 6.45) is 9.02. The van der Waals surface area contributed by atoms with Crippen molar-refractivity contribution in [2.45, 2.75) is 6.54 Å². The number of carbonyl (C=O) groups is 1. The summed E-state index contributed by atoms with van der Waals surface area (Å²) < 4.78 is 1.69. The van der Waals surface area contributed by atoms with Crippen molar-refractivity contribution < 1.29 is 4.79 Å². The second kappa shape index (κ2) is 10.5. The van der Waals surface area contributed by atoms with Gasteiger partial charge in [0.25, 0.3) is 0 Å². The van der Waals surface area contributed by atoms with Crippen molar-refractivity contribution in [2.75, 3.05) is 48.8 Å². The van der Waals surface area contributed by atoms with Gasteiger partial charge in [0.05, 0.1) is 17.6 Å². The van der Waals surface area contributed by atoms with Crippen LogP contribution < -0.4 is 20.9 Å². The average Bonchev–Trinajstić information content (AvgIpc) is 3.32. The summed E-state index contributed by atoms with van der Waals surface area (Å²) in [6, 6.07) is 11.2. The van der Waals surface area contributed by atoms with Crippen molar-refractivity contribution in [3.8, 4) is 12.3 Å². The maximum Gasteiger partial charge on any atom is 0.320 e. The number of fused-ring (bicyclic) bond motifs is 1. The van der Waals surface area contributed by atoms with Gasteiger partial charge >= 0.3 is 6.03 Å². The highest BCUT2D eigenvalue weighted by Gasteiger charge is 2.14. The molecule has 0 unspecified atom stereocenters. The summed E-state index contributed by atoms with van der Waals surface area (Å²) in [6.45, 7) is 4.46. The predicted octanol–water partition coefficient (Wildman–Crippen LogP) is 2.56. The summed E-state index contributed by atoms with van der Waals surface area (Å²) >= 11 is 0. The highest BCUT2D eigenvalue weighted by atomic mass is 16.2. The second-order valence-corrected chi connectivity index (χ2v) is 8.85. The Labute approximate surface area is 214 Å². The zero-order chi connectivity index (χ0) is 25.8. The van der Waals surface area contributed by atoms with Gasteiger partial charge in [-0.25, -0.2) is 14.8 Å². The molecule has 188 valence electrons. The van der Waals surface area contributed by atoms with Crippen molar-refractivity contribution in [2.24, 2.45) is 7.05 Å².